The van der Waals surface area contributed by atoms with Crippen LogP contribution in [0.2, 0.25) is 0 Å². The lowest BCUT2D eigenvalue weighted by molar-refractivity contribution is 0.0744. The number of nitrogens with zero attached hydrogens (tertiary/aromatic N) is 4. The molecule has 0 spiro atoms. The second-order valence-corrected chi connectivity index (χ2v) is 6.32. The Morgan fingerprint density at radius 1 is 0.963 bits per heavy atom. The molecule has 1 N–H and O–H groups in total. The van der Waals surface area contributed by atoms with Gasteiger partial charge in [-0.15, -0.1) is 0 Å². The van der Waals surface area contributed by atoms with Gasteiger partial charge in [-0.1, -0.05) is 30.3 Å². The minimum absolute atomic E-state index is 0.180. The number of aromatic nitrogens is 3. The first kappa shape index (κ1) is 17.0. The predicted octanol–water partition coefficient (Wildman–Crippen LogP) is 1.79. The van der Waals surface area contributed by atoms with Crippen molar-refractivity contribution in [2.45, 2.75) is 0 Å². The van der Waals surface area contributed by atoms with E-state index in [4.69, 9.17) is 0 Å². The van der Waals surface area contributed by atoms with Crippen LogP contribution in [0.5, 0.6) is 0 Å². The average molecular weight is 361 g/mol. The Morgan fingerprint density at radius 2 is 1.74 bits per heavy atom. The highest BCUT2D eigenvalue weighted by Crippen LogP contribution is 2.21. The molecule has 3 heterocycles. The summed E-state index contributed by atoms with van der Waals surface area (Å²) >= 11 is 0. The van der Waals surface area contributed by atoms with Crippen LogP contribution >= 0.6 is 0 Å². The van der Waals surface area contributed by atoms with Crippen molar-refractivity contribution in [3.05, 3.63) is 77.0 Å². The van der Waals surface area contributed by atoms with Crippen LogP contribution in [0.4, 0.5) is 5.82 Å². The number of amides is 1. The van der Waals surface area contributed by atoms with E-state index < -0.39 is 0 Å². The van der Waals surface area contributed by atoms with E-state index in [9.17, 15) is 9.59 Å². The smallest absolute Gasteiger partial charge is 0.260 e. The highest BCUT2D eigenvalue weighted by Gasteiger charge is 2.24. The molecule has 27 heavy (non-hydrogen) atoms. The highest BCUT2D eigenvalue weighted by molar-refractivity contribution is 5.94. The fourth-order valence-corrected chi connectivity index (χ4v) is 3.19. The van der Waals surface area contributed by atoms with Gasteiger partial charge >= 0.3 is 0 Å². The molecule has 0 saturated carbocycles. The van der Waals surface area contributed by atoms with Crippen LogP contribution in [0.3, 0.4) is 0 Å². The Hall–Kier alpha value is -3.48. The first-order valence-corrected chi connectivity index (χ1v) is 8.82. The molecule has 0 aliphatic carbocycles. The molecule has 1 aliphatic rings. The number of rotatable bonds is 3. The lowest BCUT2D eigenvalue weighted by Crippen LogP contribution is -2.49. The normalized spacial score (nSPS) is 14.2. The Kier molecular flexibility index (Phi) is 4.65. The van der Waals surface area contributed by atoms with Crippen molar-refractivity contribution in [3.63, 3.8) is 0 Å². The third-order valence-electron chi connectivity index (χ3n) is 4.66. The summed E-state index contributed by atoms with van der Waals surface area (Å²) in [6, 6.07) is 15.1. The van der Waals surface area contributed by atoms with Crippen LogP contribution in [-0.2, 0) is 0 Å². The first-order valence-electron chi connectivity index (χ1n) is 8.82. The maximum Gasteiger partial charge on any atom is 0.260 e. The lowest BCUT2D eigenvalue weighted by Gasteiger charge is -2.35. The number of carbonyl (C=O) groups is 1. The van der Waals surface area contributed by atoms with E-state index in [1.165, 1.54) is 6.20 Å². The van der Waals surface area contributed by atoms with Gasteiger partial charge in [-0.25, -0.2) is 9.97 Å². The summed E-state index contributed by atoms with van der Waals surface area (Å²) in [6.45, 7) is 2.39. The van der Waals surface area contributed by atoms with Gasteiger partial charge in [-0.3, -0.25) is 9.59 Å². The zero-order valence-corrected chi connectivity index (χ0v) is 14.7. The van der Waals surface area contributed by atoms with Gasteiger partial charge in [0.25, 0.3) is 11.5 Å². The molecule has 1 fully saturated rings. The Morgan fingerprint density at radius 3 is 2.48 bits per heavy atom. The van der Waals surface area contributed by atoms with Crippen molar-refractivity contribution in [2.24, 2.45) is 0 Å². The topological polar surface area (TPSA) is 82.2 Å². The van der Waals surface area contributed by atoms with Gasteiger partial charge in [-0.2, -0.15) is 0 Å². The molecule has 7 nitrogen and oxygen atoms in total. The predicted molar refractivity (Wildman–Crippen MR) is 103 cm³/mol. The maximum absolute atomic E-state index is 12.6. The monoisotopic (exact) mass is 361 g/mol. The maximum atomic E-state index is 12.6. The van der Waals surface area contributed by atoms with Gasteiger partial charge < -0.3 is 14.8 Å². The van der Waals surface area contributed by atoms with Gasteiger partial charge in [0.1, 0.15) is 17.7 Å². The Labute approximate surface area is 156 Å². The minimum Gasteiger partial charge on any atom is -0.353 e. The number of aromatic amines is 1. The van der Waals surface area contributed by atoms with E-state index in [2.05, 4.69) is 19.9 Å². The molecule has 1 aromatic carbocycles. The third kappa shape index (κ3) is 3.57. The summed E-state index contributed by atoms with van der Waals surface area (Å²) in [5, 5.41) is 0. The standard InChI is InChI=1S/C20H19N5O2/c26-19-16(7-4-8-21-19)20(27)25-11-9-24(10-12-25)18-13-17(22-14-23-18)15-5-2-1-3-6-15/h1-8,13-14H,9-12H2,(H,21,26). The highest BCUT2D eigenvalue weighted by atomic mass is 16.2. The van der Waals surface area contributed by atoms with Gasteiger partial charge in [0.15, 0.2) is 0 Å². The van der Waals surface area contributed by atoms with Crippen molar-refractivity contribution in [1.29, 1.82) is 0 Å². The summed E-state index contributed by atoms with van der Waals surface area (Å²) < 4.78 is 0. The second-order valence-electron chi connectivity index (χ2n) is 6.32. The zero-order chi connectivity index (χ0) is 18.6. The van der Waals surface area contributed by atoms with Gasteiger partial charge in [-0.05, 0) is 12.1 Å². The molecule has 1 amide bonds. The zero-order valence-electron chi connectivity index (χ0n) is 14.7. The molecule has 136 valence electrons. The summed E-state index contributed by atoms with van der Waals surface area (Å²) in [7, 11) is 0. The molecule has 4 rings (SSSR count). The number of carbonyl (C=O) groups excluding carboxylic acids is 1. The van der Waals surface area contributed by atoms with Gasteiger partial charge in [0.2, 0.25) is 0 Å². The summed E-state index contributed by atoms with van der Waals surface area (Å²) in [5.74, 6) is 0.609. The van der Waals surface area contributed by atoms with E-state index in [0.717, 1.165) is 17.1 Å². The Bertz CT molecular complexity index is 994. The number of piperazine rings is 1. The summed E-state index contributed by atoms with van der Waals surface area (Å²) in [5.41, 5.74) is 1.74. The molecule has 7 heteroatoms. The minimum atomic E-state index is -0.353. The average Bonchev–Trinajstić information content (AvgIpc) is 2.74. The number of anilines is 1. The van der Waals surface area contributed by atoms with Crippen LogP contribution in [-0.4, -0.2) is 51.9 Å². The largest absolute Gasteiger partial charge is 0.353 e. The first-order chi connectivity index (χ1) is 13.2. The van der Waals surface area contributed by atoms with Crippen molar-refractivity contribution in [3.8, 4) is 11.3 Å². The van der Waals surface area contributed by atoms with Gasteiger partial charge in [0, 0.05) is 44.0 Å². The number of nitrogens with one attached hydrogen (secondary N) is 1. The van der Waals surface area contributed by atoms with E-state index in [1.807, 2.05) is 36.4 Å². The van der Waals surface area contributed by atoms with Crippen molar-refractivity contribution in [1.82, 2.24) is 19.9 Å². The van der Waals surface area contributed by atoms with Crippen LogP contribution in [0, 0.1) is 0 Å². The van der Waals surface area contributed by atoms with Crippen molar-refractivity contribution in [2.75, 3.05) is 31.1 Å². The molecule has 0 atom stereocenters. The molecule has 3 aromatic rings. The van der Waals surface area contributed by atoms with Crippen molar-refractivity contribution < 1.29 is 4.79 Å². The van der Waals surface area contributed by atoms with E-state index in [1.54, 1.807) is 23.4 Å². The second kappa shape index (κ2) is 7.41. The molecule has 0 bridgehead atoms. The third-order valence-corrected chi connectivity index (χ3v) is 4.66. The van der Waals surface area contributed by atoms with Crippen LogP contribution in [0.15, 0.2) is 65.8 Å². The summed E-state index contributed by atoms with van der Waals surface area (Å²) in [4.78, 5) is 39.5. The van der Waals surface area contributed by atoms with E-state index in [-0.39, 0.29) is 17.0 Å². The Balaban J connectivity index is 1.46. The van der Waals surface area contributed by atoms with E-state index >= 15 is 0 Å². The van der Waals surface area contributed by atoms with Crippen molar-refractivity contribution >= 4 is 11.7 Å². The van der Waals surface area contributed by atoms with Crippen LogP contribution in [0.25, 0.3) is 11.3 Å². The molecule has 1 aliphatic heterocycles. The van der Waals surface area contributed by atoms with E-state index in [0.29, 0.717) is 26.2 Å². The van der Waals surface area contributed by atoms with Crippen LogP contribution < -0.4 is 10.5 Å². The lowest BCUT2D eigenvalue weighted by atomic mass is 10.1. The number of hydrogen-bond acceptors (Lipinski definition) is 5. The van der Waals surface area contributed by atoms with Gasteiger partial charge in [0.05, 0.1) is 5.69 Å². The van der Waals surface area contributed by atoms with Crippen LogP contribution in [0.1, 0.15) is 10.4 Å². The number of pyridine rings is 1. The number of H-pyrrole nitrogens is 1. The summed E-state index contributed by atoms with van der Waals surface area (Å²) in [6.07, 6.45) is 3.09. The fraction of sp³-hybridized carbons (Fsp3) is 0.200. The molecule has 0 radical (unpaired) electrons. The number of hydrogen-bond donors (Lipinski definition) is 1. The number of benzene rings is 1. The molecular weight excluding hydrogens is 342 g/mol. The SMILES string of the molecule is O=C(c1ccc[nH]c1=O)N1CCN(c2cc(-c3ccccc3)ncn2)CC1. The molecular formula is C20H19N5O2. The quantitative estimate of drug-likeness (QED) is 0.769. The molecule has 2 aromatic heterocycles. The molecule has 0 unspecified atom stereocenters. The molecule has 1 saturated heterocycles. The fourth-order valence-electron chi connectivity index (χ4n) is 3.19.